The van der Waals surface area contributed by atoms with Crippen molar-refractivity contribution in [3.8, 4) is 11.8 Å². The molecular weight excluding hydrogens is 196 g/mol. The molecule has 2 aliphatic heterocycles. The van der Waals surface area contributed by atoms with Crippen molar-refractivity contribution in [3.63, 3.8) is 0 Å². The van der Waals surface area contributed by atoms with Crippen molar-refractivity contribution in [3.05, 3.63) is 0 Å². The van der Waals surface area contributed by atoms with Crippen LogP contribution >= 0.6 is 0 Å². The summed E-state index contributed by atoms with van der Waals surface area (Å²) in [6, 6.07) is 0. The van der Waals surface area contributed by atoms with Crippen LogP contribution in [-0.2, 0) is 0 Å². The SMILES string of the molecule is CC(C)C#CC1CN(CC2CCNCC2)C1. The van der Waals surface area contributed by atoms with Crippen LogP contribution < -0.4 is 5.32 Å². The second-order valence-electron chi connectivity index (χ2n) is 5.55. The van der Waals surface area contributed by atoms with Crippen LogP contribution in [0.5, 0.6) is 0 Å². The smallest absolute Gasteiger partial charge is 0.0457 e. The highest BCUT2D eigenvalue weighted by molar-refractivity contribution is 5.10. The molecule has 0 amide bonds. The second-order valence-corrected chi connectivity index (χ2v) is 5.55. The van der Waals surface area contributed by atoms with Crippen molar-refractivity contribution in [2.24, 2.45) is 17.8 Å². The van der Waals surface area contributed by atoms with E-state index in [9.17, 15) is 0 Å². The summed E-state index contributed by atoms with van der Waals surface area (Å²) in [7, 11) is 0. The van der Waals surface area contributed by atoms with E-state index < -0.39 is 0 Å². The Morgan fingerprint density at radius 2 is 1.94 bits per heavy atom. The number of likely N-dealkylation sites (tertiary alicyclic amines) is 1. The molecular formula is C14H24N2. The van der Waals surface area contributed by atoms with Gasteiger partial charge in [0.15, 0.2) is 0 Å². The van der Waals surface area contributed by atoms with E-state index in [1.807, 2.05) is 0 Å². The quantitative estimate of drug-likeness (QED) is 0.711. The number of nitrogens with one attached hydrogen (secondary N) is 1. The van der Waals surface area contributed by atoms with Crippen LogP contribution in [0.15, 0.2) is 0 Å². The van der Waals surface area contributed by atoms with Gasteiger partial charge < -0.3 is 10.2 Å². The molecule has 2 heteroatoms. The lowest BCUT2D eigenvalue weighted by molar-refractivity contribution is 0.104. The zero-order valence-corrected chi connectivity index (χ0v) is 10.6. The number of nitrogens with zero attached hydrogens (tertiary/aromatic N) is 1. The first-order valence-corrected chi connectivity index (χ1v) is 6.68. The van der Waals surface area contributed by atoms with Gasteiger partial charge in [-0.2, -0.15) is 0 Å². The van der Waals surface area contributed by atoms with Gasteiger partial charge in [-0.1, -0.05) is 19.8 Å². The minimum absolute atomic E-state index is 0.526. The maximum absolute atomic E-state index is 3.42. The van der Waals surface area contributed by atoms with Crippen molar-refractivity contribution in [1.82, 2.24) is 10.2 Å². The van der Waals surface area contributed by atoms with Crippen molar-refractivity contribution < 1.29 is 0 Å². The molecule has 90 valence electrons. The van der Waals surface area contributed by atoms with Crippen LogP contribution in [0.3, 0.4) is 0 Å². The first kappa shape index (κ1) is 12.0. The first-order valence-electron chi connectivity index (χ1n) is 6.68. The summed E-state index contributed by atoms with van der Waals surface area (Å²) >= 11 is 0. The first-order chi connectivity index (χ1) is 7.74. The van der Waals surface area contributed by atoms with Gasteiger partial charge >= 0.3 is 0 Å². The molecule has 16 heavy (non-hydrogen) atoms. The predicted molar refractivity (Wildman–Crippen MR) is 68.1 cm³/mol. The Bertz CT molecular complexity index is 262. The van der Waals surface area contributed by atoms with Crippen LogP contribution in [0.1, 0.15) is 26.7 Å². The Labute approximate surface area is 99.8 Å². The molecule has 0 unspecified atom stereocenters. The summed E-state index contributed by atoms with van der Waals surface area (Å²) in [6.45, 7) is 10.5. The molecule has 0 aromatic heterocycles. The molecule has 2 saturated heterocycles. The zero-order valence-electron chi connectivity index (χ0n) is 10.6. The molecule has 2 aliphatic rings. The van der Waals surface area contributed by atoms with E-state index in [0.717, 1.165) is 5.92 Å². The summed E-state index contributed by atoms with van der Waals surface area (Å²) in [5.74, 6) is 8.78. The highest BCUT2D eigenvalue weighted by atomic mass is 15.2. The maximum Gasteiger partial charge on any atom is 0.0457 e. The largest absolute Gasteiger partial charge is 0.317 e. The number of piperidine rings is 1. The van der Waals surface area contributed by atoms with Crippen molar-refractivity contribution in [2.75, 3.05) is 32.7 Å². The lowest BCUT2D eigenvalue weighted by Gasteiger charge is -2.39. The van der Waals surface area contributed by atoms with E-state index in [4.69, 9.17) is 0 Å². The monoisotopic (exact) mass is 220 g/mol. The lowest BCUT2D eigenvalue weighted by atomic mass is 9.93. The maximum atomic E-state index is 3.42. The Balaban J connectivity index is 1.63. The Morgan fingerprint density at radius 3 is 2.56 bits per heavy atom. The standard InChI is InChI=1S/C14H24N2/c1-12(2)3-4-14-10-16(11-14)9-13-5-7-15-8-6-13/h12-15H,5-11H2,1-2H3. The molecule has 0 atom stereocenters. The molecule has 2 fully saturated rings. The highest BCUT2D eigenvalue weighted by Gasteiger charge is 2.27. The van der Waals surface area contributed by atoms with Gasteiger partial charge in [0.05, 0.1) is 0 Å². The van der Waals surface area contributed by atoms with Crippen LogP contribution in [0, 0.1) is 29.6 Å². The van der Waals surface area contributed by atoms with Gasteiger partial charge in [-0.05, 0) is 31.8 Å². The topological polar surface area (TPSA) is 15.3 Å². The third kappa shape index (κ3) is 3.50. The minimum Gasteiger partial charge on any atom is -0.317 e. The average Bonchev–Trinajstić information content (AvgIpc) is 2.22. The van der Waals surface area contributed by atoms with E-state index in [1.54, 1.807) is 0 Å². The zero-order chi connectivity index (χ0) is 11.4. The number of hydrogen-bond donors (Lipinski definition) is 1. The third-order valence-electron chi connectivity index (χ3n) is 3.51. The van der Waals surface area contributed by atoms with E-state index in [2.05, 4.69) is 35.9 Å². The molecule has 1 N–H and O–H groups in total. The third-order valence-corrected chi connectivity index (χ3v) is 3.51. The van der Waals surface area contributed by atoms with Gasteiger partial charge in [0, 0.05) is 31.5 Å². The van der Waals surface area contributed by atoms with E-state index in [-0.39, 0.29) is 0 Å². The van der Waals surface area contributed by atoms with Gasteiger partial charge in [0.2, 0.25) is 0 Å². The van der Waals surface area contributed by atoms with E-state index in [0.29, 0.717) is 11.8 Å². The summed E-state index contributed by atoms with van der Waals surface area (Å²) in [6.07, 6.45) is 2.72. The highest BCUT2D eigenvalue weighted by Crippen LogP contribution is 2.20. The van der Waals surface area contributed by atoms with Gasteiger partial charge in [0.1, 0.15) is 0 Å². The number of hydrogen-bond acceptors (Lipinski definition) is 2. The van der Waals surface area contributed by atoms with Gasteiger partial charge in [0.25, 0.3) is 0 Å². The van der Waals surface area contributed by atoms with Gasteiger partial charge in [-0.15, -0.1) is 5.92 Å². The molecule has 0 spiro atoms. The second kappa shape index (κ2) is 5.70. The van der Waals surface area contributed by atoms with Gasteiger partial charge in [-0.25, -0.2) is 0 Å². The van der Waals surface area contributed by atoms with Crippen LogP contribution in [-0.4, -0.2) is 37.6 Å². The predicted octanol–water partition coefficient (Wildman–Crippen LogP) is 1.58. The Morgan fingerprint density at radius 1 is 1.25 bits per heavy atom. The normalized spacial score (nSPS) is 23.9. The van der Waals surface area contributed by atoms with E-state index in [1.165, 1.54) is 45.6 Å². The number of rotatable bonds is 2. The minimum atomic E-state index is 0.526. The molecule has 0 bridgehead atoms. The fourth-order valence-corrected chi connectivity index (χ4v) is 2.52. The van der Waals surface area contributed by atoms with Crippen LogP contribution in [0.2, 0.25) is 0 Å². The summed E-state index contributed by atoms with van der Waals surface area (Å²) in [5.41, 5.74) is 0. The average molecular weight is 220 g/mol. The van der Waals surface area contributed by atoms with Gasteiger partial charge in [-0.3, -0.25) is 0 Å². The molecule has 2 nitrogen and oxygen atoms in total. The summed E-state index contributed by atoms with van der Waals surface area (Å²) in [4.78, 5) is 2.58. The molecule has 0 aliphatic carbocycles. The molecule has 0 aromatic rings. The molecule has 0 saturated carbocycles. The molecule has 0 radical (unpaired) electrons. The van der Waals surface area contributed by atoms with Crippen molar-refractivity contribution >= 4 is 0 Å². The van der Waals surface area contributed by atoms with Crippen LogP contribution in [0.25, 0.3) is 0 Å². The molecule has 2 rings (SSSR count). The summed E-state index contributed by atoms with van der Waals surface area (Å²) < 4.78 is 0. The lowest BCUT2D eigenvalue weighted by Crippen LogP contribution is -2.49. The summed E-state index contributed by atoms with van der Waals surface area (Å²) in [5, 5.41) is 3.42. The van der Waals surface area contributed by atoms with Crippen molar-refractivity contribution in [2.45, 2.75) is 26.7 Å². The fourth-order valence-electron chi connectivity index (χ4n) is 2.52. The molecule has 0 aromatic carbocycles. The fraction of sp³-hybridized carbons (Fsp3) is 0.857. The van der Waals surface area contributed by atoms with Crippen LogP contribution in [0.4, 0.5) is 0 Å². The Kier molecular flexibility index (Phi) is 4.26. The van der Waals surface area contributed by atoms with E-state index >= 15 is 0 Å². The molecule has 2 heterocycles. The Hall–Kier alpha value is -0.520. The van der Waals surface area contributed by atoms with Crippen molar-refractivity contribution in [1.29, 1.82) is 0 Å².